The van der Waals surface area contributed by atoms with Gasteiger partial charge in [0.05, 0.1) is 18.4 Å². The molecule has 0 N–H and O–H groups in total. The number of morpholine rings is 1. The molecule has 0 bridgehead atoms. The first-order valence-electron chi connectivity index (χ1n) is 8.59. The van der Waals surface area contributed by atoms with E-state index in [1.165, 1.54) is 5.56 Å². The van der Waals surface area contributed by atoms with E-state index >= 15 is 0 Å². The first-order valence-corrected chi connectivity index (χ1v) is 8.59. The van der Waals surface area contributed by atoms with Crippen LogP contribution in [0.25, 0.3) is 0 Å². The molecule has 126 valence electrons. The van der Waals surface area contributed by atoms with E-state index in [-0.39, 0.29) is 5.60 Å². The van der Waals surface area contributed by atoms with Gasteiger partial charge in [-0.2, -0.15) is 0 Å². The zero-order chi connectivity index (χ0) is 16.2. The van der Waals surface area contributed by atoms with Gasteiger partial charge >= 0.3 is 0 Å². The molecule has 0 saturated carbocycles. The Morgan fingerprint density at radius 1 is 1.04 bits per heavy atom. The van der Waals surface area contributed by atoms with Crippen LogP contribution in [0, 0.1) is 0 Å². The summed E-state index contributed by atoms with van der Waals surface area (Å²) < 4.78 is 6.28. The minimum Gasteiger partial charge on any atom is -0.370 e. The molecular weight excluding hydrogens is 302 g/mol. The van der Waals surface area contributed by atoms with Crippen LogP contribution in [-0.2, 0) is 11.3 Å². The van der Waals surface area contributed by atoms with Crippen molar-refractivity contribution in [3.63, 3.8) is 0 Å². The molecule has 24 heavy (non-hydrogen) atoms. The van der Waals surface area contributed by atoms with Crippen molar-refractivity contribution in [3.8, 4) is 0 Å². The quantitative estimate of drug-likeness (QED) is 0.857. The summed E-state index contributed by atoms with van der Waals surface area (Å²) in [6.07, 6.45) is 11.3. The van der Waals surface area contributed by atoms with Crippen LogP contribution in [0.3, 0.4) is 0 Å². The predicted octanol–water partition coefficient (Wildman–Crippen LogP) is 1.74. The van der Waals surface area contributed by atoms with E-state index in [1.807, 2.05) is 18.6 Å². The number of aromatic nitrogens is 3. The molecule has 4 rings (SSSR count). The van der Waals surface area contributed by atoms with Gasteiger partial charge in [-0.15, -0.1) is 0 Å². The molecule has 1 atom stereocenters. The second-order valence-corrected chi connectivity index (χ2v) is 6.69. The van der Waals surface area contributed by atoms with E-state index in [0.29, 0.717) is 0 Å². The largest absolute Gasteiger partial charge is 0.370 e. The van der Waals surface area contributed by atoms with Gasteiger partial charge in [0.25, 0.3) is 0 Å². The number of rotatable bonds is 3. The molecule has 2 aliphatic heterocycles. The molecule has 0 amide bonds. The Hall–Kier alpha value is -2.05. The van der Waals surface area contributed by atoms with Gasteiger partial charge in [-0.05, 0) is 30.5 Å². The van der Waals surface area contributed by atoms with Gasteiger partial charge in [0.2, 0.25) is 0 Å². The number of ether oxygens (including phenoxy) is 1. The third-order valence-corrected chi connectivity index (χ3v) is 4.90. The molecule has 0 unspecified atom stereocenters. The summed E-state index contributed by atoms with van der Waals surface area (Å²) >= 11 is 0. The maximum atomic E-state index is 6.28. The Morgan fingerprint density at radius 2 is 1.96 bits per heavy atom. The van der Waals surface area contributed by atoms with Crippen LogP contribution >= 0.6 is 0 Å². The number of piperidine rings is 1. The van der Waals surface area contributed by atoms with Crippen LogP contribution in [-0.4, -0.2) is 58.2 Å². The molecule has 0 aliphatic carbocycles. The van der Waals surface area contributed by atoms with Gasteiger partial charge in [0.15, 0.2) is 0 Å². The Balaban J connectivity index is 1.45. The highest BCUT2D eigenvalue weighted by molar-refractivity contribution is 5.36. The molecule has 0 aromatic carbocycles. The van der Waals surface area contributed by atoms with Crippen molar-refractivity contribution in [2.45, 2.75) is 25.0 Å². The second-order valence-electron chi connectivity index (χ2n) is 6.69. The van der Waals surface area contributed by atoms with Crippen molar-refractivity contribution in [3.05, 3.63) is 48.7 Å². The topological polar surface area (TPSA) is 54.4 Å². The summed E-state index contributed by atoms with van der Waals surface area (Å²) in [4.78, 5) is 17.6. The smallest absolute Gasteiger partial charge is 0.147 e. The predicted molar refractivity (Wildman–Crippen MR) is 91.7 cm³/mol. The zero-order valence-electron chi connectivity index (χ0n) is 13.8. The van der Waals surface area contributed by atoms with Crippen molar-refractivity contribution in [2.24, 2.45) is 0 Å². The Bertz CT molecular complexity index is 649. The highest BCUT2D eigenvalue weighted by atomic mass is 16.5. The van der Waals surface area contributed by atoms with Gasteiger partial charge in [-0.25, -0.2) is 4.98 Å². The van der Waals surface area contributed by atoms with Crippen LogP contribution in [0.4, 0.5) is 5.82 Å². The molecule has 2 aliphatic rings. The van der Waals surface area contributed by atoms with Crippen molar-refractivity contribution in [2.75, 3.05) is 37.7 Å². The third-order valence-electron chi connectivity index (χ3n) is 4.90. The average molecular weight is 325 g/mol. The lowest BCUT2D eigenvalue weighted by Crippen LogP contribution is -2.59. The van der Waals surface area contributed by atoms with E-state index in [9.17, 15) is 0 Å². The van der Waals surface area contributed by atoms with Crippen molar-refractivity contribution in [1.29, 1.82) is 0 Å². The number of hydrogen-bond donors (Lipinski definition) is 0. The highest BCUT2D eigenvalue weighted by Crippen LogP contribution is 2.31. The Morgan fingerprint density at radius 3 is 2.79 bits per heavy atom. The van der Waals surface area contributed by atoms with E-state index in [2.05, 4.69) is 36.9 Å². The molecule has 2 saturated heterocycles. The zero-order valence-corrected chi connectivity index (χ0v) is 13.8. The Labute approximate surface area is 142 Å². The number of pyridine rings is 1. The molecule has 2 fully saturated rings. The summed E-state index contributed by atoms with van der Waals surface area (Å²) in [6.45, 7) is 5.60. The van der Waals surface area contributed by atoms with Crippen LogP contribution < -0.4 is 4.90 Å². The molecule has 2 aromatic rings. The lowest BCUT2D eigenvalue weighted by molar-refractivity contribution is -0.116. The fraction of sp³-hybridized carbons (Fsp3) is 0.500. The maximum Gasteiger partial charge on any atom is 0.147 e. The van der Waals surface area contributed by atoms with Crippen molar-refractivity contribution in [1.82, 2.24) is 19.9 Å². The van der Waals surface area contributed by atoms with Crippen molar-refractivity contribution < 1.29 is 4.74 Å². The molecule has 4 heterocycles. The maximum absolute atomic E-state index is 6.28. The molecule has 1 spiro atoms. The summed E-state index contributed by atoms with van der Waals surface area (Å²) in [6, 6.07) is 4.18. The average Bonchev–Trinajstić information content (AvgIpc) is 2.63. The molecule has 0 radical (unpaired) electrons. The standard InChI is InChI=1S/C18H23N5O/c1-4-18(15-23(9-1)17-12-20-7-8-21-17)14-22(10-11-24-18)13-16-2-5-19-6-3-16/h2-3,5-8,12H,1,4,9-11,13-15H2/t18-/m1/s1. The molecular formula is C18H23N5O. The fourth-order valence-corrected chi connectivity index (χ4v) is 3.80. The molecule has 6 nitrogen and oxygen atoms in total. The van der Waals surface area contributed by atoms with Crippen molar-refractivity contribution >= 4 is 5.82 Å². The van der Waals surface area contributed by atoms with E-state index in [1.54, 1.807) is 12.4 Å². The minimum atomic E-state index is -0.0962. The Kier molecular flexibility index (Phi) is 4.40. The van der Waals surface area contributed by atoms with Gasteiger partial charge in [0.1, 0.15) is 5.82 Å². The lowest BCUT2D eigenvalue weighted by Gasteiger charge is -2.48. The van der Waals surface area contributed by atoms with Gasteiger partial charge < -0.3 is 9.64 Å². The van der Waals surface area contributed by atoms with E-state index in [4.69, 9.17) is 4.74 Å². The second kappa shape index (κ2) is 6.83. The number of anilines is 1. The summed E-state index contributed by atoms with van der Waals surface area (Å²) in [5.74, 6) is 0.950. The monoisotopic (exact) mass is 325 g/mol. The summed E-state index contributed by atoms with van der Waals surface area (Å²) in [5.41, 5.74) is 1.21. The number of hydrogen-bond acceptors (Lipinski definition) is 6. The van der Waals surface area contributed by atoms with Crippen LogP contribution in [0.1, 0.15) is 18.4 Å². The lowest BCUT2D eigenvalue weighted by atomic mass is 9.90. The SMILES string of the molecule is c1cc(CN2CCO[C@]3(CCCN(c4cnccn4)C3)C2)ccn1. The first-order chi connectivity index (χ1) is 11.8. The van der Waals surface area contributed by atoms with Gasteiger partial charge in [0, 0.05) is 57.5 Å². The van der Waals surface area contributed by atoms with Crippen LogP contribution in [0.2, 0.25) is 0 Å². The summed E-state index contributed by atoms with van der Waals surface area (Å²) in [5, 5.41) is 0. The summed E-state index contributed by atoms with van der Waals surface area (Å²) in [7, 11) is 0. The third kappa shape index (κ3) is 3.39. The van der Waals surface area contributed by atoms with Gasteiger partial charge in [-0.3, -0.25) is 14.9 Å². The van der Waals surface area contributed by atoms with Crippen LogP contribution in [0.15, 0.2) is 43.1 Å². The molecule has 6 heteroatoms. The number of nitrogens with zero attached hydrogens (tertiary/aromatic N) is 5. The van der Waals surface area contributed by atoms with Gasteiger partial charge in [-0.1, -0.05) is 0 Å². The normalized spacial score (nSPS) is 25.1. The van der Waals surface area contributed by atoms with Crippen LogP contribution in [0.5, 0.6) is 0 Å². The molecule has 2 aromatic heterocycles. The highest BCUT2D eigenvalue weighted by Gasteiger charge is 2.40. The minimum absolute atomic E-state index is 0.0962. The van der Waals surface area contributed by atoms with E-state index < -0.39 is 0 Å². The van der Waals surface area contributed by atoms with E-state index in [0.717, 1.165) is 58.0 Å². The fourth-order valence-electron chi connectivity index (χ4n) is 3.80. The first kappa shape index (κ1) is 15.5.